The quantitative estimate of drug-likeness (QED) is 0.284. The molecule has 30 heavy (non-hydrogen) atoms. The number of hydrogen-bond acceptors (Lipinski definition) is 5. The topological polar surface area (TPSA) is 46.5 Å². The average Bonchev–Trinajstić information content (AvgIpc) is 3.15. The van der Waals surface area contributed by atoms with E-state index in [0.29, 0.717) is 16.4 Å². The van der Waals surface area contributed by atoms with E-state index in [2.05, 4.69) is 15.5 Å². The Morgan fingerprint density at radius 2 is 1.73 bits per heavy atom. The van der Waals surface area contributed by atoms with E-state index < -0.39 is 0 Å². The van der Waals surface area contributed by atoms with Crippen molar-refractivity contribution in [3.63, 3.8) is 0 Å². The Morgan fingerprint density at radius 3 is 2.57 bits per heavy atom. The first-order chi connectivity index (χ1) is 14.7. The lowest BCUT2D eigenvalue weighted by Gasteiger charge is -2.09. The summed E-state index contributed by atoms with van der Waals surface area (Å²) in [7, 11) is 0. The Hall–Kier alpha value is -3.51. The summed E-state index contributed by atoms with van der Waals surface area (Å²) in [5.74, 6) is 0.352. The van der Waals surface area contributed by atoms with E-state index in [4.69, 9.17) is 4.74 Å². The van der Waals surface area contributed by atoms with Crippen molar-refractivity contribution in [3.8, 4) is 17.0 Å². The summed E-state index contributed by atoms with van der Waals surface area (Å²) in [4.78, 5) is 5.76. The van der Waals surface area contributed by atoms with Gasteiger partial charge in [0.2, 0.25) is 5.13 Å². The molecule has 0 aliphatic carbocycles. The van der Waals surface area contributed by atoms with Gasteiger partial charge in [0.05, 0.1) is 11.9 Å². The highest BCUT2D eigenvalue weighted by atomic mass is 32.1. The normalized spacial score (nSPS) is 11.0. The molecular weight excluding hydrogens is 397 g/mol. The van der Waals surface area contributed by atoms with E-state index in [0.717, 1.165) is 21.7 Å². The highest BCUT2D eigenvalue weighted by molar-refractivity contribution is 7.15. The van der Waals surface area contributed by atoms with E-state index in [1.807, 2.05) is 61.5 Å². The molecule has 0 fully saturated rings. The summed E-state index contributed by atoms with van der Waals surface area (Å²) < 4.78 is 19.6. The summed E-state index contributed by atoms with van der Waals surface area (Å²) in [6.07, 6.45) is 1.68. The Balaban J connectivity index is 1.44. The molecule has 1 N–H and O–H groups in total. The first-order valence-electron chi connectivity index (χ1n) is 9.48. The Morgan fingerprint density at radius 1 is 1.00 bits per heavy atom. The second kappa shape index (κ2) is 9.33. The molecule has 6 heteroatoms. The van der Waals surface area contributed by atoms with Gasteiger partial charge in [-0.25, -0.2) is 9.37 Å². The maximum Gasteiger partial charge on any atom is 0.204 e. The van der Waals surface area contributed by atoms with E-state index >= 15 is 0 Å². The van der Waals surface area contributed by atoms with Gasteiger partial charge in [0, 0.05) is 21.6 Å². The standard InChI is InChI=1S/C24H20FN3OS/c1-17-23(18-9-3-2-4-10-18)27-24(30-17)28-26-15-19-11-6-8-14-22(19)29-16-20-12-5-7-13-21(20)25/h2-15H,16H2,1H3,(H,27,28)/b26-15+. The fourth-order valence-corrected chi connectivity index (χ4v) is 3.74. The van der Waals surface area contributed by atoms with Crippen molar-refractivity contribution in [1.82, 2.24) is 4.98 Å². The van der Waals surface area contributed by atoms with Gasteiger partial charge >= 0.3 is 0 Å². The molecule has 0 bridgehead atoms. The number of hydrazone groups is 1. The van der Waals surface area contributed by atoms with Crippen LogP contribution in [0.25, 0.3) is 11.3 Å². The van der Waals surface area contributed by atoms with Crippen molar-refractivity contribution < 1.29 is 9.13 Å². The van der Waals surface area contributed by atoms with Crippen molar-refractivity contribution in [2.75, 3.05) is 5.43 Å². The van der Waals surface area contributed by atoms with Crippen LogP contribution in [0.15, 0.2) is 84.0 Å². The summed E-state index contributed by atoms with van der Waals surface area (Å²) in [6, 6.07) is 24.2. The van der Waals surface area contributed by atoms with Crippen molar-refractivity contribution >= 4 is 22.7 Å². The molecule has 0 spiro atoms. The third-order valence-electron chi connectivity index (χ3n) is 4.47. The van der Waals surface area contributed by atoms with Gasteiger partial charge in [-0.1, -0.05) is 60.7 Å². The van der Waals surface area contributed by atoms with Crippen LogP contribution in [0, 0.1) is 12.7 Å². The van der Waals surface area contributed by atoms with E-state index in [-0.39, 0.29) is 12.4 Å². The molecular formula is C24H20FN3OS. The van der Waals surface area contributed by atoms with Gasteiger partial charge in [0.1, 0.15) is 18.2 Å². The largest absolute Gasteiger partial charge is 0.488 e. The second-order valence-electron chi connectivity index (χ2n) is 6.58. The smallest absolute Gasteiger partial charge is 0.204 e. The molecule has 1 aromatic heterocycles. The molecule has 4 rings (SSSR count). The van der Waals surface area contributed by atoms with Crippen LogP contribution < -0.4 is 10.2 Å². The molecule has 1 heterocycles. The van der Waals surface area contributed by atoms with E-state index in [1.54, 1.807) is 35.8 Å². The number of aryl methyl sites for hydroxylation is 1. The maximum atomic E-state index is 13.8. The Kier molecular flexibility index (Phi) is 6.15. The van der Waals surface area contributed by atoms with Crippen LogP contribution in [0.1, 0.15) is 16.0 Å². The fourth-order valence-electron chi connectivity index (χ4n) is 2.95. The highest BCUT2D eigenvalue weighted by Gasteiger charge is 2.09. The third kappa shape index (κ3) is 4.72. The average molecular weight is 418 g/mol. The van der Waals surface area contributed by atoms with Gasteiger partial charge in [-0.05, 0) is 25.1 Å². The fraction of sp³-hybridized carbons (Fsp3) is 0.0833. The first-order valence-corrected chi connectivity index (χ1v) is 10.3. The van der Waals surface area contributed by atoms with Gasteiger partial charge in [-0.3, -0.25) is 5.43 Å². The summed E-state index contributed by atoms with van der Waals surface area (Å²) in [6.45, 7) is 2.19. The minimum absolute atomic E-state index is 0.150. The van der Waals surface area contributed by atoms with Crippen LogP contribution in [0.5, 0.6) is 5.75 Å². The predicted molar refractivity (Wildman–Crippen MR) is 121 cm³/mol. The number of benzene rings is 3. The SMILES string of the molecule is Cc1sc(N/N=C/c2ccccc2OCc2ccccc2F)nc1-c1ccccc1. The number of para-hydroxylation sites is 1. The van der Waals surface area contributed by atoms with E-state index in [9.17, 15) is 4.39 Å². The van der Waals surface area contributed by atoms with Crippen LogP contribution in [0.2, 0.25) is 0 Å². The maximum absolute atomic E-state index is 13.8. The summed E-state index contributed by atoms with van der Waals surface area (Å²) in [5.41, 5.74) is 6.32. The number of nitrogens with zero attached hydrogens (tertiary/aromatic N) is 2. The number of thiazole rings is 1. The summed E-state index contributed by atoms with van der Waals surface area (Å²) in [5, 5.41) is 5.03. The zero-order valence-corrected chi connectivity index (χ0v) is 17.2. The van der Waals surface area contributed by atoms with Gasteiger partial charge in [-0.2, -0.15) is 5.10 Å². The lowest BCUT2D eigenvalue weighted by atomic mass is 10.1. The van der Waals surface area contributed by atoms with Crippen LogP contribution in [0.4, 0.5) is 9.52 Å². The number of nitrogens with one attached hydrogen (secondary N) is 1. The second-order valence-corrected chi connectivity index (χ2v) is 7.78. The molecule has 0 amide bonds. The molecule has 0 saturated carbocycles. The highest BCUT2D eigenvalue weighted by Crippen LogP contribution is 2.30. The molecule has 0 radical (unpaired) electrons. The molecule has 3 aromatic carbocycles. The Bertz CT molecular complexity index is 1160. The molecule has 0 aliphatic rings. The molecule has 0 atom stereocenters. The molecule has 0 aliphatic heterocycles. The van der Waals surface area contributed by atoms with E-state index in [1.165, 1.54) is 6.07 Å². The van der Waals surface area contributed by atoms with Crippen LogP contribution in [0.3, 0.4) is 0 Å². The predicted octanol–water partition coefficient (Wildman–Crippen LogP) is 6.28. The number of hydrogen-bond donors (Lipinski definition) is 1. The molecule has 4 nitrogen and oxygen atoms in total. The molecule has 150 valence electrons. The van der Waals surface area contributed by atoms with Gasteiger partial charge < -0.3 is 4.74 Å². The number of anilines is 1. The molecule has 0 saturated heterocycles. The third-order valence-corrected chi connectivity index (χ3v) is 5.34. The number of halogens is 1. The summed E-state index contributed by atoms with van der Waals surface area (Å²) >= 11 is 1.55. The van der Waals surface area contributed by atoms with Crippen molar-refractivity contribution in [3.05, 3.63) is 101 Å². The number of ether oxygens (including phenoxy) is 1. The lowest BCUT2D eigenvalue weighted by molar-refractivity contribution is 0.299. The van der Waals surface area contributed by atoms with Crippen LogP contribution in [-0.4, -0.2) is 11.2 Å². The van der Waals surface area contributed by atoms with Crippen molar-refractivity contribution in [2.24, 2.45) is 5.10 Å². The first kappa shape index (κ1) is 19.8. The van der Waals surface area contributed by atoms with Crippen LogP contribution >= 0.6 is 11.3 Å². The van der Waals surface area contributed by atoms with Gasteiger partial charge in [-0.15, -0.1) is 11.3 Å². The van der Waals surface area contributed by atoms with Gasteiger partial charge in [0.25, 0.3) is 0 Å². The molecule has 0 unspecified atom stereocenters. The van der Waals surface area contributed by atoms with Gasteiger partial charge in [0.15, 0.2) is 0 Å². The minimum atomic E-state index is -0.279. The zero-order valence-electron chi connectivity index (χ0n) is 16.4. The number of rotatable bonds is 7. The van der Waals surface area contributed by atoms with Crippen LogP contribution in [-0.2, 0) is 6.61 Å². The number of aromatic nitrogens is 1. The zero-order chi connectivity index (χ0) is 20.8. The molecule has 4 aromatic rings. The van der Waals surface area contributed by atoms with Crippen molar-refractivity contribution in [2.45, 2.75) is 13.5 Å². The monoisotopic (exact) mass is 417 g/mol. The lowest BCUT2D eigenvalue weighted by Crippen LogP contribution is -2.01. The minimum Gasteiger partial charge on any atom is -0.488 e. The Labute approximate surface area is 178 Å². The van der Waals surface area contributed by atoms with Crippen molar-refractivity contribution in [1.29, 1.82) is 0 Å².